The zero-order chi connectivity index (χ0) is 31.1. The number of nitro groups is 1. The van der Waals surface area contributed by atoms with Crippen LogP contribution < -0.4 is 20.3 Å². The lowest BCUT2D eigenvalue weighted by atomic mass is 10.1. The lowest BCUT2D eigenvalue weighted by Crippen LogP contribution is -2.40. The number of nitrogens with zero attached hydrogens (tertiary/aromatic N) is 3. The molecule has 2 amide bonds. The van der Waals surface area contributed by atoms with Crippen molar-refractivity contribution in [2.24, 2.45) is 0 Å². The zero-order valence-corrected chi connectivity index (χ0v) is 23.8. The van der Waals surface area contributed by atoms with Crippen LogP contribution >= 0.6 is 12.2 Å². The van der Waals surface area contributed by atoms with Crippen LogP contribution in [-0.4, -0.2) is 52.5 Å². The van der Waals surface area contributed by atoms with Crippen LogP contribution in [0.3, 0.4) is 0 Å². The summed E-state index contributed by atoms with van der Waals surface area (Å²) in [6, 6.07) is 16.6. The molecule has 3 aromatic carbocycles. The van der Waals surface area contributed by atoms with Crippen molar-refractivity contribution in [3.8, 4) is 5.75 Å². The number of alkyl halides is 3. The van der Waals surface area contributed by atoms with Gasteiger partial charge in [0, 0.05) is 24.8 Å². The first-order valence-electron chi connectivity index (χ1n) is 13.3. The Morgan fingerprint density at radius 2 is 1.79 bits per heavy atom. The zero-order valence-electron chi connectivity index (χ0n) is 23.0. The quantitative estimate of drug-likeness (QED) is 0.148. The topological polar surface area (TPSA) is 117 Å². The largest absolute Gasteiger partial charge is 0.494 e. The molecule has 226 valence electrons. The predicted octanol–water partition coefficient (Wildman–Crippen LogP) is 5.85. The summed E-state index contributed by atoms with van der Waals surface area (Å²) >= 11 is 5.61. The summed E-state index contributed by atoms with van der Waals surface area (Å²) in [6.45, 7) is 2.54. The van der Waals surface area contributed by atoms with E-state index in [4.69, 9.17) is 17.0 Å². The van der Waals surface area contributed by atoms with Gasteiger partial charge in [0.25, 0.3) is 11.6 Å². The van der Waals surface area contributed by atoms with Gasteiger partial charge in [0.1, 0.15) is 17.5 Å². The van der Waals surface area contributed by atoms with Crippen LogP contribution in [-0.2, 0) is 15.8 Å². The van der Waals surface area contributed by atoms with Gasteiger partial charge >= 0.3 is 6.18 Å². The number of carbonyl (C=O) groups excluding carboxylic acids is 2. The van der Waals surface area contributed by atoms with Gasteiger partial charge in [0.05, 0.1) is 29.2 Å². The highest BCUT2D eigenvalue weighted by molar-refractivity contribution is 7.80. The molecular formula is C29H28F3N5O5S. The monoisotopic (exact) mass is 615 g/mol. The first kappa shape index (κ1) is 31.2. The lowest BCUT2D eigenvalue weighted by Gasteiger charge is -2.24. The highest BCUT2D eigenvalue weighted by atomic mass is 32.1. The standard InChI is InChI=1S/C29H28F3N5O5S/c1-2-16-42-22-11-9-20(10-12-22)34-26(38)18-25-27(39)36(21-6-4-3-5-7-21)28(43)35(25)15-14-33-23-13-8-19(29(30,31)32)17-24(23)37(40)41/h3-13,17,25,33H,2,14-16,18H2,1H3,(H,34,38)/t25-/m0/s1. The minimum atomic E-state index is -4.75. The molecule has 1 heterocycles. The van der Waals surface area contributed by atoms with Gasteiger partial charge in [0.15, 0.2) is 5.11 Å². The van der Waals surface area contributed by atoms with Crippen molar-refractivity contribution in [2.75, 3.05) is 35.2 Å². The number of thiocarbonyl (C=S) groups is 1. The van der Waals surface area contributed by atoms with Crippen molar-refractivity contribution in [1.29, 1.82) is 0 Å². The fourth-order valence-electron chi connectivity index (χ4n) is 4.46. The summed E-state index contributed by atoms with van der Waals surface area (Å²) in [5.74, 6) is -0.230. The fraction of sp³-hybridized carbons (Fsp3) is 0.276. The molecular weight excluding hydrogens is 587 g/mol. The van der Waals surface area contributed by atoms with Crippen LogP contribution in [0.25, 0.3) is 0 Å². The minimum Gasteiger partial charge on any atom is -0.494 e. The maximum absolute atomic E-state index is 13.6. The van der Waals surface area contributed by atoms with Crippen LogP contribution in [0.15, 0.2) is 72.8 Å². The number of nitro benzene ring substituents is 1. The number of hydrogen-bond acceptors (Lipinski definition) is 7. The molecule has 1 aliphatic rings. The molecule has 0 radical (unpaired) electrons. The molecule has 2 N–H and O–H groups in total. The van der Waals surface area contributed by atoms with E-state index in [9.17, 15) is 32.9 Å². The summed E-state index contributed by atoms with van der Waals surface area (Å²) in [5, 5.41) is 17.1. The molecule has 10 nitrogen and oxygen atoms in total. The molecule has 0 spiro atoms. The Labute approximate surface area is 250 Å². The number of nitrogens with one attached hydrogen (secondary N) is 2. The molecule has 0 unspecified atom stereocenters. The number of anilines is 3. The van der Waals surface area contributed by atoms with Gasteiger partial charge in [-0.15, -0.1) is 0 Å². The Bertz CT molecular complexity index is 1490. The van der Waals surface area contributed by atoms with Crippen molar-refractivity contribution in [3.05, 3.63) is 88.5 Å². The van der Waals surface area contributed by atoms with Gasteiger partial charge in [-0.3, -0.25) is 24.6 Å². The van der Waals surface area contributed by atoms with E-state index in [-0.39, 0.29) is 30.3 Å². The van der Waals surface area contributed by atoms with E-state index in [2.05, 4.69) is 10.6 Å². The third-order valence-corrected chi connectivity index (χ3v) is 6.93. The molecule has 0 saturated carbocycles. The molecule has 43 heavy (non-hydrogen) atoms. The third-order valence-electron chi connectivity index (χ3n) is 6.51. The average molecular weight is 616 g/mol. The second kappa shape index (κ2) is 13.5. The first-order valence-corrected chi connectivity index (χ1v) is 13.7. The number of amides is 2. The molecule has 0 aliphatic carbocycles. The van der Waals surface area contributed by atoms with E-state index < -0.39 is 40.2 Å². The molecule has 1 saturated heterocycles. The van der Waals surface area contributed by atoms with Crippen LogP contribution in [0.1, 0.15) is 25.3 Å². The molecule has 3 aromatic rings. The Balaban J connectivity index is 1.50. The smallest absolute Gasteiger partial charge is 0.416 e. The predicted molar refractivity (Wildman–Crippen MR) is 159 cm³/mol. The van der Waals surface area contributed by atoms with Gasteiger partial charge in [0.2, 0.25) is 5.91 Å². The molecule has 1 fully saturated rings. The summed E-state index contributed by atoms with van der Waals surface area (Å²) in [5.41, 5.74) is -1.02. The molecule has 14 heteroatoms. The number of ether oxygens (including phenoxy) is 1. The van der Waals surface area contributed by atoms with Gasteiger partial charge in [-0.05, 0) is 67.2 Å². The maximum atomic E-state index is 13.6. The van der Waals surface area contributed by atoms with Gasteiger partial charge in [-0.2, -0.15) is 13.2 Å². The molecule has 4 rings (SSSR count). The number of para-hydroxylation sites is 1. The van der Waals surface area contributed by atoms with Gasteiger partial charge in [-0.1, -0.05) is 25.1 Å². The Kier molecular flexibility index (Phi) is 9.80. The van der Waals surface area contributed by atoms with Crippen molar-refractivity contribution in [1.82, 2.24) is 4.90 Å². The highest BCUT2D eigenvalue weighted by Crippen LogP contribution is 2.35. The fourth-order valence-corrected chi connectivity index (χ4v) is 4.88. The van der Waals surface area contributed by atoms with Crippen molar-refractivity contribution < 1.29 is 32.4 Å². The number of carbonyl (C=O) groups is 2. The highest BCUT2D eigenvalue weighted by Gasteiger charge is 2.44. The van der Waals surface area contributed by atoms with Crippen LogP contribution in [0, 0.1) is 10.1 Å². The summed E-state index contributed by atoms with van der Waals surface area (Å²) in [4.78, 5) is 40.0. The van der Waals surface area contributed by atoms with Gasteiger partial charge < -0.3 is 20.3 Å². The second-order valence-electron chi connectivity index (χ2n) is 9.54. The number of rotatable bonds is 12. The number of hydrogen-bond donors (Lipinski definition) is 2. The van der Waals surface area contributed by atoms with Crippen LogP contribution in [0.5, 0.6) is 5.75 Å². The second-order valence-corrected chi connectivity index (χ2v) is 9.90. The van der Waals surface area contributed by atoms with Crippen molar-refractivity contribution in [2.45, 2.75) is 32.0 Å². The van der Waals surface area contributed by atoms with Crippen molar-refractivity contribution >= 4 is 51.9 Å². The van der Waals surface area contributed by atoms with Crippen molar-refractivity contribution in [3.63, 3.8) is 0 Å². The maximum Gasteiger partial charge on any atom is 0.416 e. The van der Waals surface area contributed by atoms with Crippen LogP contribution in [0.4, 0.5) is 35.9 Å². The third kappa shape index (κ3) is 7.57. The number of halogens is 3. The van der Waals surface area contributed by atoms with E-state index in [1.165, 1.54) is 9.80 Å². The molecule has 0 bridgehead atoms. The first-order chi connectivity index (χ1) is 20.5. The summed E-state index contributed by atoms with van der Waals surface area (Å²) < 4.78 is 44.8. The summed E-state index contributed by atoms with van der Waals surface area (Å²) in [7, 11) is 0. The molecule has 1 atom stereocenters. The Morgan fingerprint density at radius 1 is 1.09 bits per heavy atom. The van der Waals surface area contributed by atoms with Gasteiger partial charge in [-0.25, -0.2) is 0 Å². The van der Waals surface area contributed by atoms with E-state index in [0.29, 0.717) is 29.8 Å². The van der Waals surface area contributed by atoms with E-state index in [0.717, 1.165) is 18.6 Å². The minimum absolute atomic E-state index is 0.0213. The average Bonchev–Trinajstić information content (AvgIpc) is 3.20. The Morgan fingerprint density at radius 3 is 2.42 bits per heavy atom. The van der Waals surface area contributed by atoms with E-state index in [1.807, 2.05) is 6.92 Å². The van der Waals surface area contributed by atoms with E-state index >= 15 is 0 Å². The SMILES string of the molecule is CCCOc1ccc(NC(=O)C[C@H]2C(=O)N(c3ccccc3)C(=S)N2CCNc2ccc(C(F)(F)F)cc2[N+](=O)[O-])cc1. The van der Waals surface area contributed by atoms with E-state index in [1.54, 1.807) is 54.6 Å². The number of benzene rings is 3. The molecule has 1 aliphatic heterocycles. The normalized spacial score (nSPS) is 15.0. The summed E-state index contributed by atoms with van der Waals surface area (Å²) in [6.07, 6.45) is -4.15. The Hall–Kier alpha value is -4.72. The van der Waals surface area contributed by atoms with Crippen LogP contribution in [0.2, 0.25) is 0 Å². The molecule has 0 aromatic heterocycles. The lowest BCUT2D eigenvalue weighted by molar-refractivity contribution is -0.384.